The third kappa shape index (κ3) is 4.37. The number of alkyl halides is 1. The predicted molar refractivity (Wildman–Crippen MR) is 108 cm³/mol. The van der Waals surface area contributed by atoms with Crippen LogP contribution in [0.1, 0.15) is 44.9 Å². The van der Waals surface area contributed by atoms with Crippen molar-refractivity contribution in [3.05, 3.63) is 36.2 Å². The Bertz CT molecular complexity index is 895. The van der Waals surface area contributed by atoms with Crippen molar-refractivity contribution in [1.82, 2.24) is 19.9 Å². The average molecular weight is 414 g/mol. The van der Waals surface area contributed by atoms with Gasteiger partial charge in [-0.15, -0.1) is 0 Å². The molecule has 3 heterocycles. The van der Waals surface area contributed by atoms with E-state index in [2.05, 4.69) is 10.1 Å². The van der Waals surface area contributed by atoms with Crippen LogP contribution >= 0.6 is 0 Å². The Balaban J connectivity index is 1.38. The number of piperidine rings is 2. The molecule has 1 atom stereocenters. The van der Waals surface area contributed by atoms with Crippen molar-refractivity contribution in [3.63, 3.8) is 0 Å². The molecular weight excluding hydrogens is 387 g/mol. The normalized spacial score (nSPS) is 22.9. The highest BCUT2D eigenvalue weighted by Gasteiger charge is 2.44. The molecule has 0 N–H and O–H groups in total. The molecule has 2 amide bonds. The zero-order valence-electron chi connectivity index (χ0n) is 17.2. The van der Waals surface area contributed by atoms with E-state index >= 15 is 4.39 Å². The fourth-order valence-corrected chi connectivity index (χ4v) is 4.34. The van der Waals surface area contributed by atoms with Crippen LogP contribution < -0.4 is 0 Å². The number of carbonyl (C=O) groups excluding carboxylic acids is 2. The van der Waals surface area contributed by atoms with Gasteiger partial charge < -0.3 is 14.3 Å². The van der Waals surface area contributed by atoms with E-state index < -0.39 is 5.67 Å². The van der Waals surface area contributed by atoms with E-state index in [0.717, 1.165) is 18.4 Å². The molecule has 2 aliphatic heterocycles. The average Bonchev–Trinajstić information content (AvgIpc) is 3.26. The van der Waals surface area contributed by atoms with Gasteiger partial charge in [-0.05, 0) is 31.6 Å². The van der Waals surface area contributed by atoms with Crippen molar-refractivity contribution in [2.45, 2.75) is 44.7 Å². The van der Waals surface area contributed by atoms with E-state index in [1.807, 2.05) is 35.2 Å². The molecule has 8 heteroatoms. The van der Waals surface area contributed by atoms with Crippen LogP contribution in [0.2, 0.25) is 0 Å². The predicted octanol–water partition coefficient (Wildman–Crippen LogP) is 3.17. The van der Waals surface area contributed by atoms with Crippen LogP contribution in [0.25, 0.3) is 11.4 Å². The van der Waals surface area contributed by atoms with Gasteiger partial charge in [0.1, 0.15) is 0 Å². The van der Waals surface area contributed by atoms with E-state index in [1.54, 1.807) is 11.8 Å². The first-order valence-corrected chi connectivity index (χ1v) is 10.6. The highest BCUT2D eigenvalue weighted by molar-refractivity contribution is 5.77. The van der Waals surface area contributed by atoms with Gasteiger partial charge in [0.2, 0.25) is 23.3 Å². The standard InChI is InChI=1S/C22H27FN4O3/c1-16(28)26-12-8-17(9-13-26)14-19(29)27-11-5-10-22(23,15-27)21-24-20(25-30-21)18-6-3-2-4-7-18/h2-4,6-7,17H,5,8-15H2,1H3. The lowest BCUT2D eigenvalue weighted by atomic mass is 9.90. The van der Waals surface area contributed by atoms with Crippen molar-refractivity contribution in [2.24, 2.45) is 5.92 Å². The second-order valence-electron chi connectivity index (χ2n) is 8.33. The van der Waals surface area contributed by atoms with E-state index in [1.165, 1.54) is 0 Å². The lowest BCUT2D eigenvalue weighted by Gasteiger charge is -2.37. The SMILES string of the molecule is CC(=O)N1CCC(CC(=O)N2CCCC(F)(c3nc(-c4ccccc4)no3)C2)CC1. The second kappa shape index (κ2) is 8.53. The molecule has 0 saturated carbocycles. The van der Waals surface area contributed by atoms with Crippen LogP contribution in [0.15, 0.2) is 34.9 Å². The van der Waals surface area contributed by atoms with Gasteiger partial charge in [-0.25, -0.2) is 4.39 Å². The van der Waals surface area contributed by atoms with Crippen molar-refractivity contribution in [1.29, 1.82) is 0 Å². The van der Waals surface area contributed by atoms with Gasteiger partial charge in [0.25, 0.3) is 5.89 Å². The number of aromatic nitrogens is 2. The molecule has 30 heavy (non-hydrogen) atoms. The maximum Gasteiger partial charge on any atom is 0.266 e. The van der Waals surface area contributed by atoms with Crippen molar-refractivity contribution in [2.75, 3.05) is 26.2 Å². The van der Waals surface area contributed by atoms with Gasteiger partial charge in [0.15, 0.2) is 0 Å². The minimum absolute atomic E-state index is 0.0409. The maximum absolute atomic E-state index is 15.7. The third-order valence-electron chi connectivity index (χ3n) is 6.16. The molecule has 1 aromatic carbocycles. The summed E-state index contributed by atoms with van der Waals surface area (Å²) >= 11 is 0. The monoisotopic (exact) mass is 414 g/mol. The molecule has 0 bridgehead atoms. The first-order chi connectivity index (χ1) is 14.4. The molecule has 0 aliphatic carbocycles. The number of hydrogen-bond acceptors (Lipinski definition) is 5. The van der Waals surface area contributed by atoms with Crippen LogP contribution in [0.5, 0.6) is 0 Å². The highest BCUT2D eigenvalue weighted by atomic mass is 19.1. The van der Waals surface area contributed by atoms with Gasteiger partial charge in [0, 0.05) is 38.5 Å². The molecule has 160 valence electrons. The number of likely N-dealkylation sites (tertiary alicyclic amines) is 2. The number of nitrogens with zero attached hydrogens (tertiary/aromatic N) is 4. The summed E-state index contributed by atoms with van der Waals surface area (Å²) < 4.78 is 21.0. The minimum atomic E-state index is -1.83. The van der Waals surface area contributed by atoms with Crippen molar-refractivity contribution in [3.8, 4) is 11.4 Å². The lowest BCUT2D eigenvalue weighted by Crippen LogP contribution is -2.47. The molecule has 0 spiro atoms. The number of benzene rings is 1. The van der Waals surface area contributed by atoms with Crippen LogP contribution in [-0.4, -0.2) is 57.9 Å². The Morgan fingerprint density at radius 2 is 1.90 bits per heavy atom. The fourth-order valence-electron chi connectivity index (χ4n) is 4.34. The second-order valence-corrected chi connectivity index (χ2v) is 8.33. The Labute approximate surface area is 175 Å². The zero-order chi connectivity index (χ0) is 21.1. The number of hydrogen-bond donors (Lipinski definition) is 0. The summed E-state index contributed by atoms with van der Waals surface area (Å²) in [5, 5.41) is 3.93. The summed E-state index contributed by atoms with van der Waals surface area (Å²) in [6.07, 6.45) is 2.81. The minimum Gasteiger partial charge on any atom is -0.343 e. The topological polar surface area (TPSA) is 79.5 Å². The smallest absolute Gasteiger partial charge is 0.266 e. The third-order valence-corrected chi connectivity index (χ3v) is 6.16. The van der Waals surface area contributed by atoms with Crippen LogP contribution in [0.3, 0.4) is 0 Å². The molecule has 2 fully saturated rings. The number of amides is 2. The summed E-state index contributed by atoms with van der Waals surface area (Å²) in [6.45, 7) is 3.42. The largest absolute Gasteiger partial charge is 0.343 e. The molecular formula is C22H27FN4O3. The van der Waals surface area contributed by atoms with Crippen molar-refractivity contribution >= 4 is 11.8 Å². The molecule has 0 radical (unpaired) electrons. The molecule has 2 aromatic rings. The Kier molecular flexibility index (Phi) is 5.83. The summed E-state index contributed by atoms with van der Waals surface area (Å²) in [5.41, 5.74) is -1.07. The van der Waals surface area contributed by atoms with Crippen LogP contribution in [-0.2, 0) is 15.3 Å². The van der Waals surface area contributed by atoms with Gasteiger partial charge in [-0.3, -0.25) is 9.59 Å². The number of rotatable bonds is 4. The molecule has 2 aliphatic rings. The first kappa shape index (κ1) is 20.5. The Morgan fingerprint density at radius 3 is 2.60 bits per heavy atom. The van der Waals surface area contributed by atoms with Crippen molar-refractivity contribution < 1.29 is 18.5 Å². The van der Waals surface area contributed by atoms with E-state index in [4.69, 9.17) is 4.52 Å². The van der Waals surface area contributed by atoms with Gasteiger partial charge in [-0.1, -0.05) is 35.5 Å². The van der Waals surface area contributed by atoms with E-state index in [-0.39, 0.29) is 36.6 Å². The summed E-state index contributed by atoms with van der Waals surface area (Å²) in [4.78, 5) is 32.0. The Morgan fingerprint density at radius 1 is 1.17 bits per heavy atom. The van der Waals surface area contributed by atoms with E-state index in [9.17, 15) is 9.59 Å². The van der Waals surface area contributed by atoms with E-state index in [0.29, 0.717) is 38.3 Å². The first-order valence-electron chi connectivity index (χ1n) is 10.6. The van der Waals surface area contributed by atoms with Gasteiger partial charge in [0.05, 0.1) is 6.54 Å². The summed E-state index contributed by atoms with van der Waals surface area (Å²) in [6, 6.07) is 9.29. The molecule has 7 nitrogen and oxygen atoms in total. The van der Waals surface area contributed by atoms with Crippen LogP contribution in [0.4, 0.5) is 4.39 Å². The number of halogens is 1. The quantitative estimate of drug-likeness (QED) is 0.768. The number of carbonyl (C=O) groups is 2. The fraction of sp³-hybridized carbons (Fsp3) is 0.545. The maximum atomic E-state index is 15.7. The zero-order valence-corrected chi connectivity index (χ0v) is 17.2. The summed E-state index contributed by atoms with van der Waals surface area (Å²) in [5.74, 6) is 0.558. The molecule has 2 saturated heterocycles. The van der Waals surface area contributed by atoms with Crippen LogP contribution in [0, 0.1) is 5.92 Å². The molecule has 1 unspecified atom stereocenters. The van der Waals surface area contributed by atoms with Gasteiger partial charge in [-0.2, -0.15) is 4.98 Å². The summed E-state index contributed by atoms with van der Waals surface area (Å²) in [7, 11) is 0. The highest BCUT2D eigenvalue weighted by Crippen LogP contribution is 2.36. The van der Waals surface area contributed by atoms with Gasteiger partial charge >= 0.3 is 0 Å². The lowest BCUT2D eigenvalue weighted by molar-refractivity contribution is -0.138. The molecule has 1 aromatic heterocycles. The molecule has 4 rings (SSSR count). The Hall–Kier alpha value is -2.77.